The molecule has 23 heavy (non-hydrogen) atoms. The van der Waals surface area contributed by atoms with Crippen LogP contribution in [0.4, 0.5) is 4.79 Å². The van der Waals surface area contributed by atoms with Gasteiger partial charge in [0.1, 0.15) is 11.4 Å². The molecule has 0 heterocycles. The van der Waals surface area contributed by atoms with Gasteiger partial charge in [0.25, 0.3) is 0 Å². The van der Waals surface area contributed by atoms with Crippen molar-refractivity contribution in [1.82, 2.24) is 10.6 Å². The first-order valence-electron chi connectivity index (χ1n) is 7.91. The largest absolute Gasteiger partial charge is 0.508 e. The molecule has 1 atom stereocenters. The van der Waals surface area contributed by atoms with Gasteiger partial charge in [-0.05, 0) is 58.4 Å². The monoisotopic (exact) mass is 386 g/mol. The molecule has 3 N–H and O–H groups in total. The summed E-state index contributed by atoms with van der Waals surface area (Å²) in [7, 11) is 0. The van der Waals surface area contributed by atoms with Crippen molar-refractivity contribution in [3.8, 4) is 5.75 Å². The quantitative estimate of drug-likeness (QED) is 0.616. The van der Waals surface area contributed by atoms with Gasteiger partial charge in [0.05, 0.1) is 0 Å². The highest BCUT2D eigenvalue weighted by molar-refractivity contribution is 9.10. The van der Waals surface area contributed by atoms with Gasteiger partial charge in [0.15, 0.2) is 0 Å². The van der Waals surface area contributed by atoms with Crippen molar-refractivity contribution < 1.29 is 14.6 Å². The average Bonchev–Trinajstić information content (AvgIpc) is 2.44. The van der Waals surface area contributed by atoms with E-state index in [9.17, 15) is 9.90 Å². The Balaban J connectivity index is 2.36. The fraction of sp³-hybridized carbons (Fsp3) is 0.588. The summed E-state index contributed by atoms with van der Waals surface area (Å²) in [5.74, 6) is 0.291. The molecule has 130 valence electrons. The summed E-state index contributed by atoms with van der Waals surface area (Å²) in [6.07, 6.45) is 1.25. The van der Waals surface area contributed by atoms with Crippen LogP contribution in [0.1, 0.15) is 52.1 Å². The SMILES string of the molecule is CCC(NCCCNC(=O)OC(C)(C)C)c1cc(Br)ccc1O. The Morgan fingerprint density at radius 1 is 1.35 bits per heavy atom. The zero-order valence-corrected chi connectivity index (χ0v) is 15.9. The minimum atomic E-state index is -0.478. The molecule has 1 amide bonds. The van der Waals surface area contributed by atoms with Crippen LogP contribution in [0.15, 0.2) is 22.7 Å². The summed E-state index contributed by atoms with van der Waals surface area (Å²) in [5.41, 5.74) is 0.399. The zero-order chi connectivity index (χ0) is 17.5. The number of carbonyl (C=O) groups is 1. The van der Waals surface area contributed by atoms with Gasteiger partial charge in [0, 0.05) is 22.6 Å². The second kappa shape index (κ2) is 9.13. The lowest BCUT2D eigenvalue weighted by molar-refractivity contribution is 0.0527. The van der Waals surface area contributed by atoms with Gasteiger partial charge < -0.3 is 20.5 Å². The van der Waals surface area contributed by atoms with Crippen LogP contribution in [0.2, 0.25) is 0 Å². The molecule has 0 radical (unpaired) electrons. The van der Waals surface area contributed by atoms with E-state index in [1.54, 1.807) is 6.07 Å². The number of alkyl carbamates (subject to hydrolysis) is 1. The minimum absolute atomic E-state index is 0.0778. The van der Waals surface area contributed by atoms with Crippen molar-refractivity contribution in [2.24, 2.45) is 0 Å². The highest BCUT2D eigenvalue weighted by Gasteiger charge is 2.16. The third kappa shape index (κ3) is 7.70. The molecule has 0 bridgehead atoms. The molecule has 0 fully saturated rings. The summed E-state index contributed by atoms with van der Waals surface area (Å²) >= 11 is 3.43. The molecule has 0 spiro atoms. The smallest absolute Gasteiger partial charge is 0.407 e. The van der Waals surface area contributed by atoms with E-state index in [0.29, 0.717) is 12.3 Å². The second-order valence-electron chi connectivity index (χ2n) is 6.40. The third-order valence-corrected chi connectivity index (χ3v) is 3.68. The van der Waals surface area contributed by atoms with E-state index in [2.05, 4.69) is 33.5 Å². The van der Waals surface area contributed by atoms with E-state index in [0.717, 1.165) is 29.4 Å². The molecule has 1 aromatic rings. The number of ether oxygens (including phenoxy) is 1. The summed E-state index contributed by atoms with van der Waals surface area (Å²) in [6, 6.07) is 5.51. The van der Waals surface area contributed by atoms with Crippen LogP contribution in [0.5, 0.6) is 5.75 Å². The Hall–Kier alpha value is -1.27. The number of benzene rings is 1. The Morgan fingerprint density at radius 2 is 2.04 bits per heavy atom. The predicted molar refractivity (Wildman–Crippen MR) is 95.7 cm³/mol. The summed E-state index contributed by atoms with van der Waals surface area (Å²) in [4.78, 5) is 11.5. The normalized spacial score (nSPS) is 12.7. The Kier molecular flexibility index (Phi) is 7.85. The molecule has 1 aromatic carbocycles. The third-order valence-electron chi connectivity index (χ3n) is 3.19. The number of aromatic hydroxyl groups is 1. The lowest BCUT2D eigenvalue weighted by Gasteiger charge is -2.20. The number of nitrogens with one attached hydrogen (secondary N) is 2. The number of phenols is 1. The number of amides is 1. The predicted octanol–water partition coefficient (Wildman–Crippen LogP) is 4.11. The van der Waals surface area contributed by atoms with Crippen LogP contribution in [0.25, 0.3) is 0 Å². The van der Waals surface area contributed by atoms with Gasteiger partial charge in [-0.25, -0.2) is 4.79 Å². The van der Waals surface area contributed by atoms with Gasteiger partial charge in [-0.15, -0.1) is 0 Å². The highest BCUT2D eigenvalue weighted by atomic mass is 79.9. The highest BCUT2D eigenvalue weighted by Crippen LogP contribution is 2.29. The number of hydrogen-bond donors (Lipinski definition) is 3. The maximum absolute atomic E-state index is 11.5. The molecule has 0 aromatic heterocycles. The van der Waals surface area contributed by atoms with Crippen LogP contribution in [0.3, 0.4) is 0 Å². The van der Waals surface area contributed by atoms with Crippen molar-refractivity contribution in [2.75, 3.05) is 13.1 Å². The zero-order valence-electron chi connectivity index (χ0n) is 14.3. The first-order valence-corrected chi connectivity index (χ1v) is 8.71. The van der Waals surface area contributed by atoms with Gasteiger partial charge in [-0.3, -0.25) is 0 Å². The Labute approximate surface area is 146 Å². The van der Waals surface area contributed by atoms with Crippen molar-refractivity contribution in [2.45, 2.75) is 52.2 Å². The van der Waals surface area contributed by atoms with E-state index < -0.39 is 11.7 Å². The number of halogens is 1. The van der Waals surface area contributed by atoms with Crippen LogP contribution < -0.4 is 10.6 Å². The molecule has 6 heteroatoms. The molecule has 0 aliphatic carbocycles. The summed E-state index contributed by atoms with van der Waals surface area (Å²) in [6.45, 7) is 8.86. The van der Waals surface area contributed by atoms with Crippen molar-refractivity contribution in [3.05, 3.63) is 28.2 Å². The molecular formula is C17H27BrN2O3. The first kappa shape index (κ1) is 19.8. The van der Waals surface area contributed by atoms with Gasteiger partial charge in [0.2, 0.25) is 0 Å². The molecule has 0 aliphatic heterocycles. The fourth-order valence-electron chi connectivity index (χ4n) is 2.15. The fourth-order valence-corrected chi connectivity index (χ4v) is 2.53. The van der Waals surface area contributed by atoms with Crippen LogP contribution in [-0.2, 0) is 4.74 Å². The number of rotatable bonds is 7. The maximum Gasteiger partial charge on any atom is 0.407 e. The van der Waals surface area contributed by atoms with Gasteiger partial charge in [-0.2, -0.15) is 0 Å². The van der Waals surface area contributed by atoms with Crippen molar-refractivity contribution >= 4 is 22.0 Å². The molecule has 0 saturated carbocycles. The number of carbonyl (C=O) groups excluding carboxylic acids is 1. The maximum atomic E-state index is 11.5. The lowest BCUT2D eigenvalue weighted by Crippen LogP contribution is -2.34. The molecule has 5 nitrogen and oxygen atoms in total. The molecule has 1 unspecified atom stereocenters. The average molecular weight is 387 g/mol. The topological polar surface area (TPSA) is 70.6 Å². The van der Waals surface area contributed by atoms with Crippen LogP contribution in [0, 0.1) is 0 Å². The summed E-state index contributed by atoms with van der Waals surface area (Å²) < 4.78 is 6.12. The molecule has 0 saturated heterocycles. The van der Waals surface area contributed by atoms with E-state index in [1.165, 1.54) is 0 Å². The summed E-state index contributed by atoms with van der Waals surface area (Å²) in [5, 5.41) is 16.1. The van der Waals surface area contributed by atoms with Crippen LogP contribution in [-0.4, -0.2) is 29.9 Å². The van der Waals surface area contributed by atoms with E-state index in [4.69, 9.17) is 4.74 Å². The van der Waals surface area contributed by atoms with Crippen molar-refractivity contribution in [1.29, 1.82) is 0 Å². The molecule has 0 aliphatic rings. The van der Waals surface area contributed by atoms with E-state index >= 15 is 0 Å². The van der Waals surface area contributed by atoms with Gasteiger partial charge >= 0.3 is 6.09 Å². The first-order chi connectivity index (χ1) is 10.7. The number of phenolic OH excluding ortho intramolecular Hbond substituents is 1. The van der Waals surface area contributed by atoms with E-state index in [-0.39, 0.29) is 6.04 Å². The molecule has 1 rings (SSSR count). The van der Waals surface area contributed by atoms with Crippen LogP contribution >= 0.6 is 15.9 Å². The lowest BCUT2D eigenvalue weighted by atomic mass is 10.0. The van der Waals surface area contributed by atoms with E-state index in [1.807, 2.05) is 32.9 Å². The standard InChI is InChI=1S/C17H27BrN2O3/c1-5-14(13-11-12(18)7-8-15(13)21)19-9-6-10-20-16(22)23-17(2,3)4/h7-8,11,14,19,21H,5-6,9-10H2,1-4H3,(H,20,22). The minimum Gasteiger partial charge on any atom is -0.508 e. The van der Waals surface area contributed by atoms with Crippen molar-refractivity contribution in [3.63, 3.8) is 0 Å². The number of hydrogen-bond acceptors (Lipinski definition) is 4. The van der Waals surface area contributed by atoms with Gasteiger partial charge in [-0.1, -0.05) is 22.9 Å². The second-order valence-corrected chi connectivity index (χ2v) is 7.32. The Bertz CT molecular complexity index is 515. The molecular weight excluding hydrogens is 360 g/mol. The Morgan fingerprint density at radius 3 is 2.65 bits per heavy atom.